The summed E-state index contributed by atoms with van der Waals surface area (Å²) in [6, 6.07) is 66.8. The lowest BCUT2D eigenvalue weighted by Crippen LogP contribution is -2.20. The minimum atomic E-state index is -0.172. The number of benzene rings is 8. The van der Waals surface area contributed by atoms with Gasteiger partial charge in [0.15, 0.2) is 0 Å². The molecule has 1 atom stereocenters. The van der Waals surface area contributed by atoms with Gasteiger partial charge in [0.2, 0.25) is 0 Å². The first-order chi connectivity index (χ1) is 26.8. The Kier molecular flexibility index (Phi) is 6.89. The monoisotopic (exact) mass is 691 g/mol. The summed E-state index contributed by atoms with van der Waals surface area (Å²) in [5.74, 6) is 0. The van der Waals surface area contributed by atoms with Crippen molar-refractivity contribution < 1.29 is 4.42 Å². The van der Waals surface area contributed by atoms with E-state index in [1.807, 2.05) is 18.2 Å². The number of nitrogens with zero attached hydrogens (tertiary/aromatic N) is 2. The van der Waals surface area contributed by atoms with Crippen LogP contribution in [-0.4, -0.2) is 10.3 Å². The van der Waals surface area contributed by atoms with E-state index in [1.165, 1.54) is 32.9 Å². The summed E-state index contributed by atoms with van der Waals surface area (Å²) in [5, 5.41) is 8.38. The van der Waals surface area contributed by atoms with Gasteiger partial charge >= 0.3 is 0 Å². The van der Waals surface area contributed by atoms with Gasteiger partial charge in [0.25, 0.3) is 0 Å². The second-order valence-corrected chi connectivity index (χ2v) is 14.0. The number of para-hydroxylation sites is 4. The second-order valence-electron chi connectivity index (χ2n) is 14.0. The number of aromatic nitrogens is 1. The van der Waals surface area contributed by atoms with Gasteiger partial charge in [-0.05, 0) is 64.7 Å². The van der Waals surface area contributed by atoms with Gasteiger partial charge in [0.1, 0.15) is 17.3 Å². The minimum Gasteiger partial charge on any atom is -0.455 e. The van der Waals surface area contributed by atoms with Crippen molar-refractivity contribution in [1.82, 2.24) is 4.57 Å². The van der Waals surface area contributed by atoms with Crippen molar-refractivity contribution in [3.8, 4) is 27.9 Å². The fourth-order valence-corrected chi connectivity index (χ4v) is 8.23. The molecule has 0 amide bonds. The number of nitrogens with one attached hydrogen (secondary N) is 1. The molecule has 4 nitrogen and oxygen atoms in total. The summed E-state index contributed by atoms with van der Waals surface area (Å²) in [7, 11) is 0. The molecule has 0 saturated heterocycles. The standard InChI is InChI=1S/C50H33N3O/c1-2-11-34(12-3-1)48-42-15-4-7-18-44(42)51-50(52-48)35-23-21-32(22-24-35)33-25-28-37(29-26-33)53-45-19-8-5-13-39(45)43-31-36(27-30-46(43)53)38-16-10-17-41-40-14-6-9-20-47(40)54-49(38)41/h1-31,50-51H. The van der Waals surface area contributed by atoms with Crippen molar-refractivity contribution in [1.29, 1.82) is 0 Å². The van der Waals surface area contributed by atoms with Crippen molar-refractivity contribution in [2.24, 2.45) is 4.99 Å². The van der Waals surface area contributed by atoms with Crippen LogP contribution in [-0.2, 0) is 0 Å². The molecule has 0 saturated carbocycles. The average molecular weight is 692 g/mol. The third-order valence-electron chi connectivity index (χ3n) is 10.9. The maximum absolute atomic E-state index is 6.42. The van der Waals surface area contributed by atoms with E-state index in [2.05, 4.69) is 180 Å². The predicted octanol–water partition coefficient (Wildman–Crippen LogP) is 13.0. The molecular weight excluding hydrogens is 659 g/mol. The Hall–Kier alpha value is -7.17. The Morgan fingerprint density at radius 2 is 1.11 bits per heavy atom. The summed E-state index contributed by atoms with van der Waals surface area (Å²) in [6.07, 6.45) is -0.172. The topological polar surface area (TPSA) is 42.5 Å². The molecule has 0 spiro atoms. The van der Waals surface area contributed by atoms with E-state index in [0.29, 0.717) is 0 Å². The quantitative estimate of drug-likeness (QED) is 0.195. The normalized spacial score (nSPS) is 14.0. The molecule has 1 aliphatic rings. The summed E-state index contributed by atoms with van der Waals surface area (Å²) in [4.78, 5) is 5.20. The molecule has 11 rings (SSSR count). The van der Waals surface area contributed by atoms with E-state index in [4.69, 9.17) is 9.41 Å². The Morgan fingerprint density at radius 1 is 0.463 bits per heavy atom. The van der Waals surface area contributed by atoms with E-state index in [0.717, 1.165) is 66.8 Å². The van der Waals surface area contributed by atoms with E-state index < -0.39 is 0 Å². The molecule has 0 aliphatic carbocycles. The fraction of sp³-hybridized carbons (Fsp3) is 0.0200. The number of furan rings is 1. The Labute approximate surface area is 312 Å². The van der Waals surface area contributed by atoms with Gasteiger partial charge in [0, 0.05) is 49.6 Å². The maximum atomic E-state index is 6.42. The minimum absolute atomic E-state index is 0.172. The molecule has 8 aromatic carbocycles. The molecule has 10 aromatic rings. The molecule has 1 aliphatic heterocycles. The Bertz CT molecular complexity index is 3060. The molecule has 2 aromatic heterocycles. The van der Waals surface area contributed by atoms with Gasteiger partial charge in [-0.15, -0.1) is 0 Å². The van der Waals surface area contributed by atoms with Crippen LogP contribution in [0.15, 0.2) is 197 Å². The van der Waals surface area contributed by atoms with Crippen molar-refractivity contribution in [3.63, 3.8) is 0 Å². The highest BCUT2D eigenvalue weighted by Crippen LogP contribution is 2.40. The van der Waals surface area contributed by atoms with Crippen LogP contribution in [0.1, 0.15) is 22.9 Å². The van der Waals surface area contributed by atoms with Crippen LogP contribution in [0.3, 0.4) is 0 Å². The van der Waals surface area contributed by atoms with E-state index >= 15 is 0 Å². The highest BCUT2D eigenvalue weighted by Gasteiger charge is 2.22. The van der Waals surface area contributed by atoms with E-state index in [1.54, 1.807) is 0 Å². The third kappa shape index (κ3) is 4.88. The SMILES string of the molecule is c1ccc(C2=NC(c3ccc(-c4ccc(-n5c6ccccc6c6cc(-c7cccc8c7oc7ccccc78)ccc65)cc4)cc3)Nc3ccccc32)cc1. The lowest BCUT2D eigenvalue weighted by atomic mass is 9.97. The molecule has 1 unspecified atom stereocenters. The molecule has 0 bridgehead atoms. The molecule has 54 heavy (non-hydrogen) atoms. The van der Waals surface area contributed by atoms with Gasteiger partial charge < -0.3 is 14.3 Å². The summed E-state index contributed by atoms with van der Waals surface area (Å²) >= 11 is 0. The molecule has 3 heterocycles. The van der Waals surface area contributed by atoms with Crippen LogP contribution in [0, 0.1) is 0 Å². The first kappa shape index (κ1) is 30.5. The fourth-order valence-electron chi connectivity index (χ4n) is 8.23. The average Bonchev–Trinajstić information content (AvgIpc) is 3.79. The Balaban J connectivity index is 0.930. The molecule has 4 heteroatoms. The zero-order valence-corrected chi connectivity index (χ0v) is 29.3. The lowest BCUT2D eigenvalue weighted by molar-refractivity contribution is 0.670. The number of hydrogen-bond donors (Lipinski definition) is 1. The van der Waals surface area contributed by atoms with Crippen LogP contribution in [0.25, 0.3) is 71.7 Å². The summed E-state index contributed by atoms with van der Waals surface area (Å²) in [6.45, 7) is 0. The summed E-state index contributed by atoms with van der Waals surface area (Å²) < 4.78 is 8.79. The van der Waals surface area contributed by atoms with Crippen LogP contribution in [0.4, 0.5) is 5.69 Å². The first-order valence-corrected chi connectivity index (χ1v) is 18.4. The van der Waals surface area contributed by atoms with Gasteiger partial charge in [-0.3, -0.25) is 4.99 Å². The van der Waals surface area contributed by atoms with Gasteiger partial charge in [-0.25, -0.2) is 0 Å². The Morgan fingerprint density at radius 3 is 1.96 bits per heavy atom. The lowest BCUT2D eigenvalue weighted by Gasteiger charge is -2.26. The van der Waals surface area contributed by atoms with E-state index in [-0.39, 0.29) is 6.17 Å². The number of anilines is 1. The highest BCUT2D eigenvalue weighted by atomic mass is 16.3. The second kappa shape index (κ2) is 12.2. The number of hydrogen-bond acceptors (Lipinski definition) is 3. The van der Waals surface area contributed by atoms with Crippen LogP contribution < -0.4 is 5.32 Å². The molecule has 1 N–H and O–H groups in total. The zero-order valence-electron chi connectivity index (χ0n) is 29.3. The summed E-state index contributed by atoms with van der Waals surface area (Å²) in [5.41, 5.74) is 15.4. The smallest absolute Gasteiger partial charge is 0.145 e. The molecule has 0 radical (unpaired) electrons. The van der Waals surface area contributed by atoms with Crippen LogP contribution in [0.2, 0.25) is 0 Å². The highest BCUT2D eigenvalue weighted by molar-refractivity contribution is 6.17. The maximum Gasteiger partial charge on any atom is 0.145 e. The van der Waals surface area contributed by atoms with Gasteiger partial charge in [0.05, 0.1) is 16.7 Å². The predicted molar refractivity (Wildman–Crippen MR) is 224 cm³/mol. The molecular formula is C50H33N3O. The van der Waals surface area contributed by atoms with Crippen molar-refractivity contribution >= 4 is 55.1 Å². The first-order valence-electron chi connectivity index (χ1n) is 18.4. The zero-order chi connectivity index (χ0) is 35.6. The van der Waals surface area contributed by atoms with E-state index in [9.17, 15) is 0 Å². The van der Waals surface area contributed by atoms with Crippen molar-refractivity contribution in [2.75, 3.05) is 5.32 Å². The third-order valence-corrected chi connectivity index (χ3v) is 10.9. The van der Waals surface area contributed by atoms with Crippen molar-refractivity contribution in [2.45, 2.75) is 6.17 Å². The van der Waals surface area contributed by atoms with Gasteiger partial charge in [-0.2, -0.15) is 0 Å². The number of aliphatic imine (C=N–C) groups is 1. The largest absolute Gasteiger partial charge is 0.455 e. The van der Waals surface area contributed by atoms with Crippen LogP contribution >= 0.6 is 0 Å². The molecule has 254 valence electrons. The van der Waals surface area contributed by atoms with Crippen LogP contribution in [0.5, 0.6) is 0 Å². The number of rotatable bonds is 5. The van der Waals surface area contributed by atoms with Gasteiger partial charge in [-0.1, -0.05) is 146 Å². The van der Waals surface area contributed by atoms with Crippen molar-refractivity contribution in [3.05, 3.63) is 205 Å². The molecule has 0 fully saturated rings. The number of fused-ring (bicyclic) bond motifs is 7.